The van der Waals surface area contributed by atoms with Crippen LogP contribution in [0.3, 0.4) is 0 Å². The Labute approximate surface area is 317 Å². The number of nitrogens with one attached hydrogen (secondary N) is 4. The smallest absolute Gasteiger partial charge is 0.415 e. The van der Waals surface area contributed by atoms with E-state index in [2.05, 4.69) is 25.9 Å². The molecule has 13 heteroatoms. The number of carbonyl (C=O) groups is 4. The Hall–Kier alpha value is -4.42. The molecule has 3 aromatic rings. The maximum Gasteiger partial charge on any atom is 0.415 e. The van der Waals surface area contributed by atoms with Gasteiger partial charge in [-0.1, -0.05) is 74.0 Å². The molecule has 1 aliphatic rings. The standard InChI is InChI=1S/C40H55ClN6O6/c1-26(47(32-14-10-7-11-15-32)39(52)53-40(2,3)4)36(49)46-34(23-31-24-43-25-44-31)38(51)45-33(21-27-12-8-6-9-13-27)35(48)22-29(37(50)42-5)20-28-16-18-30(41)19-17-28/h7,10-11,14-19,24-27,29,33-35,48H,6,8-9,12-13,20-23H2,1-5H3,(H,42,50)(H,43,44)(H,45,51)(H,46,49)/t26?,29-,33+,34?,35+/m1/s1. The van der Waals surface area contributed by atoms with Gasteiger partial charge < -0.3 is 30.8 Å². The first-order valence-electron chi connectivity index (χ1n) is 18.5. The zero-order valence-corrected chi connectivity index (χ0v) is 32.2. The third-order valence-corrected chi connectivity index (χ3v) is 9.89. The number of amides is 4. The van der Waals surface area contributed by atoms with Crippen LogP contribution in [0.25, 0.3) is 0 Å². The van der Waals surface area contributed by atoms with Gasteiger partial charge in [-0.25, -0.2) is 9.78 Å². The van der Waals surface area contributed by atoms with Crippen LogP contribution in [0.4, 0.5) is 10.5 Å². The van der Waals surface area contributed by atoms with Gasteiger partial charge in [-0.05, 0) is 82.7 Å². The number of carbonyl (C=O) groups excluding carboxylic acids is 4. The summed E-state index contributed by atoms with van der Waals surface area (Å²) in [6, 6.07) is 13.1. The Balaban J connectivity index is 1.58. The number of benzene rings is 2. The lowest BCUT2D eigenvalue weighted by atomic mass is 9.81. The predicted octanol–water partition coefficient (Wildman–Crippen LogP) is 5.73. The maximum atomic E-state index is 14.3. The molecule has 4 rings (SSSR count). The summed E-state index contributed by atoms with van der Waals surface area (Å²) in [6.45, 7) is 6.81. The van der Waals surface area contributed by atoms with Crippen molar-refractivity contribution >= 4 is 41.1 Å². The highest BCUT2D eigenvalue weighted by Gasteiger charge is 2.36. The molecule has 5 N–H and O–H groups in total. The third-order valence-electron chi connectivity index (χ3n) is 9.64. The highest BCUT2D eigenvalue weighted by molar-refractivity contribution is 6.30. The molecular formula is C40H55ClN6O6. The van der Waals surface area contributed by atoms with E-state index in [1.165, 1.54) is 11.2 Å². The Bertz CT molecular complexity index is 1610. The zero-order valence-electron chi connectivity index (χ0n) is 31.4. The summed E-state index contributed by atoms with van der Waals surface area (Å²) in [5.41, 5.74) is 1.08. The molecule has 1 saturated carbocycles. The quantitative estimate of drug-likeness (QED) is 0.125. The van der Waals surface area contributed by atoms with Crippen LogP contribution in [0.2, 0.25) is 5.02 Å². The van der Waals surface area contributed by atoms with Crippen LogP contribution in [-0.4, -0.2) is 75.8 Å². The summed E-state index contributed by atoms with van der Waals surface area (Å²) in [5.74, 6) is -1.59. The number of hydrogen-bond donors (Lipinski definition) is 5. The average molecular weight is 751 g/mol. The molecule has 0 spiro atoms. The number of rotatable bonds is 16. The first-order chi connectivity index (χ1) is 25.2. The molecule has 5 atom stereocenters. The molecule has 288 valence electrons. The Morgan fingerprint density at radius 1 is 0.962 bits per heavy atom. The van der Waals surface area contributed by atoms with Crippen molar-refractivity contribution < 1.29 is 29.0 Å². The first kappa shape index (κ1) is 41.3. The van der Waals surface area contributed by atoms with Gasteiger partial charge in [0.25, 0.3) is 0 Å². The lowest BCUT2D eigenvalue weighted by Gasteiger charge is -2.33. The Morgan fingerprint density at radius 3 is 2.25 bits per heavy atom. The van der Waals surface area contributed by atoms with Gasteiger partial charge in [-0.2, -0.15) is 0 Å². The number of imidazole rings is 1. The summed E-state index contributed by atoms with van der Waals surface area (Å²) >= 11 is 6.09. The van der Waals surface area contributed by atoms with Gasteiger partial charge in [0.2, 0.25) is 17.7 Å². The molecule has 1 fully saturated rings. The van der Waals surface area contributed by atoms with Crippen molar-refractivity contribution in [3.63, 3.8) is 0 Å². The lowest BCUT2D eigenvalue weighted by molar-refractivity contribution is -0.130. The number of aromatic amines is 1. The van der Waals surface area contributed by atoms with E-state index in [4.69, 9.17) is 16.3 Å². The number of halogens is 1. The highest BCUT2D eigenvalue weighted by atomic mass is 35.5. The van der Waals surface area contributed by atoms with Crippen molar-refractivity contribution in [1.29, 1.82) is 0 Å². The van der Waals surface area contributed by atoms with Crippen molar-refractivity contribution in [3.05, 3.63) is 83.4 Å². The van der Waals surface area contributed by atoms with E-state index in [9.17, 15) is 24.3 Å². The van der Waals surface area contributed by atoms with E-state index >= 15 is 0 Å². The molecule has 53 heavy (non-hydrogen) atoms. The normalized spacial score (nSPS) is 16.4. The number of para-hydroxylation sites is 1. The molecule has 4 amide bonds. The number of aromatic nitrogens is 2. The van der Waals surface area contributed by atoms with Gasteiger partial charge in [0.05, 0.1) is 24.2 Å². The molecule has 0 radical (unpaired) electrons. The monoisotopic (exact) mass is 750 g/mol. The van der Waals surface area contributed by atoms with E-state index in [1.807, 2.05) is 12.1 Å². The molecule has 12 nitrogen and oxygen atoms in total. The average Bonchev–Trinajstić information content (AvgIpc) is 3.64. The SMILES string of the molecule is CNC(=O)[C@H](Cc1ccc(Cl)cc1)C[C@H](O)[C@H](CC1CCCCC1)NC(=O)C(Cc1c[nH]cn1)NC(=O)C(C)N(C(=O)OC(C)(C)C)c1ccccc1. The van der Waals surface area contributed by atoms with Crippen molar-refractivity contribution in [2.24, 2.45) is 11.8 Å². The number of ether oxygens (including phenoxy) is 1. The van der Waals surface area contributed by atoms with E-state index in [0.29, 0.717) is 29.2 Å². The second-order valence-corrected chi connectivity index (χ2v) is 15.4. The molecule has 1 aliphatic carbocycles. The van der Waals surface area contributed by atoms with Crippen molar-refractivity contribution in [2.75, 3.05) is 11.9 Å². The number of aliphatic hydroxyl groups is 1. The van der Waals surface area contributed by atoms with Crippen LogP contribution in [0.5, 0.6) is 0 Å². The molecule has 0 saturated heterocycles. The minimum atomic E-state index is -1.10. The number of anilines is 1. The van der Waals surface area contributed by atoms with Gasteiger partial charge in [-0.15, -0.1) is 0 Å². The van der Waals surface area contributed by atoms with Crippen LogP contribution < -0.4 is 20.9 Å². The molecule has 2 aromatic carbocycles. The fraction of sp³-hybridized carbons (Fsp3) is 0.525. The number of H-pyrrole nitrogens is 1. The second-order valence-electron chi connectivity index (χ2n) is 15.0. The minimum absolute atomic E-state index is 0.0508. The second kappa shape index (κ2) is 19.6. The lowest BCUT2D eigenvalue weighted by Crippen LogP contribution is -2.57. The Kier molecular flexibility index (Phi) is 15.3. The first-order valence-corrected chi connectivity index (χ1v) is 18.9. The summed E-state index contributed by atoms with van der Waals surface area (Å²) < 4.78 is 5.66. The van der Waals surface area contributed by atoms with Crippen LogP contribution >= 0.6 is 11.6 Å². The Morgan fingerprint density at radius 2 is 1.64 bits per heavy atom. The van der Waals surface area contributed by atoms with Gasteiger partial charge in [0, 0.05) is 36.3 Å². The fourth-order valence-corrected chi connectivity index (χ4v) is 6.97. The van der Waals surface area contributed by atoms with Crippen LogP contribution in [-0.2, 0) is 32.0 Å². The van der Waals surface area contributed by atoms with E-state index in [-0.39, 0.29) is 24.7 Å². The minimum Gasteiger partial charge on any atom is -0.443 e. The van der Waals surface area contributed by atoms with Crippen LogP contribution in [0, 0.1) is 11.8 Å². The van der Waals surface area contributed by atoms with Gasteiger partial charge in [-0.3, -0.25) is 19.3 Å². The van der Waals surface area contributed by atoms with E-state index in [0.717, 1.165) is 37.7 Å². The van der Waals surface area contributed by atoms with Gasteiger partial charge in [0.1, 0.15) is 17.7 Å². The van der Waals surface area contributed by atoms with Crippen molar-refractivity contribution in [2.45, 2.75) is 115 Å². The number of hydrogen-bond acceptors (Lipinski definition) is 7. The van der Waals surface area contributed by atoms with E-state index in [1.54, 1.807) is 83.4 Å². The zero-order chi connectivity index (χ0) is 38.5. The highest BCUT2D eigenvalue weighted by Crippen LogP contribution is 2.30. The summed E-state index contributed by atoms with van der Waals surface area (Å²) in [5, 5.41) is 21.1. The van der Waals surface area contributed by atoms with Crippen LogP contribution in [0.1, 0.15) is 83.9 Å². The molecule has 2 unspecified atom stereocenters. The molecule has 0 aliphatic heterocycles. The van der Waals surface area contributed by atoms with Crippen molar-refractivity contribution in [1.82, 2.24) is 25.9 Å². The molecular weight excluding hydrogens is 696 g/mol. The molecule has 0 bridgehead atoms. The largest absolute Gasteiger partial charge is 0.443 e. The van der Waals surface area contributed by atoms with Crippen LogP contribution in [0.15, 0.2) is 67.1 Å². The van der Waals surface area contributed by atoms with Gasteiger partial charge >= 0.3 is 6.09 Å². The topological polar surface area (TPSA) is 166 Å². The number of nitrogens with zero attached hydrogens (tertiary/aromatic N) is 2. The number of aliphatic hydroxyl groups excluding tert-OH is 1. The van der Waals surface area contributed by atoms with Crippen molar-refractivity contribution in [3.8, 4) is 0 Å². The van der Waals surface area contributed by atoms with Gasteiger partial charge in [0.15, 0.2) is 0 Å². The summed E-state index contributed by atoms with van der Waals surface area (Å²) in [4.78, 5) is 63.2. The molecule has 1 aromatic heterocycles. The molecule has 1 heterocycles. The fourth-order valence-electron chi connectivity index (χ4n) is 6.84. The summed E-state index contributed by atoms with van der Waals surface area (Å²) in [7, 11) is 1.57. The van der Waals surface area contributed by atoms with E-state index < -0.39 is 53.7 Å². The summed E-state index contributed by atoms with van der Waals surface area (Å²) in [6.07, 6.45) is 7.68. The maximum absolute atomic E-state index is 14.3. The third kappa shape index (κ3) is 12.9. The predicted molar refractivity (Wildman–Crippen MR) is 205 cm³/mol.